The van der Waals surface area contributed by atoms with Crippen LogP contribution < -0.4 is 4.74 Å². The molecule has 0 aliphatic carbocycles. The van der Waals surface area contributed by atoms with Gasteiger partial charge in [0, 0.05) is 60.1 Å². The van der Waals surface area contributed by atoms with Crippen molar-refractivity contribution in [1.82, 2.24) is 29.2 Å². The molecule has 0 radical (unpaired) electrons. The summed E-state index contributed by atoms with van der Waals surface area (Å²) >= 11 is 0. The fourth-order valence-corrected chi connectivity index (χ4v) is 4.25. The van der Waals surface area contributed by atoms with Crippen LogP contribution in [0.5, 0.6) is 5.88 Å². The number of rotatable bonds is 6. The third-order valence-corrected chi connectivity index (χ3v) is 6.19. The molecule has 1 aliphatic rings. The first-order valence-corrected chi connectivity index (χ1v) is 11.6. The zero-order chi connectivity index (χ0) is 26.0. The molecule has 190 valence electrons. The Morgan fingerprint density at radius 3 is 2.44 bits per heavy atom. The van der Waals surface area contributed by atoms with Gasteiger partial charge < -0.3 is 19.1 Å². The molecular weight excluding hydrogens is 467 g/mol. The van der Waals surface area contributed by atoms with Crippen LogP contribution in [0, 0.1) is 5.82 Å². The summed E-state index contributed by atoms with van der Waals surface area (Å²) in [4.78, 5) is 52.6. The van der Waals surface area contributed by atoms with Crippen molar-refractivity contribution < 1.29 is 23.5 Å². The fourth-order valence-electron chi connectivity index (χ4n) is 4.25. The lowest BCUT2D eigenvalue weighted by molar-refractivity contribution is -0.124. The Bertz CT molecular complexity index is 1300. The van der Waals surface area contributed by atoms with Gasteiger partial charge >= 0.3 is 0 Å². The first-order valence-electron chi connectivity index (χ1n) is 11.6. The average molecular weight is 497 g/mol. The Kier molecular flexibility index (Phi) is 7.30. The topological polar surface area (TPSA) is 101 Å². The van der Waals surface area contributed by atoms with Gasteiger partial charge in [-0.05, 0) is 24.1 Å². The molecule has 0 unspecified atom stereocenters. The van der Waals surface area contributed by atoms with E-state index in [4.69, 9.17) is 4.74 Å². The summed E-state index contributed by atoms with van der Waals surface area (Å²) in [5.74, 6) is -1.99. The van der Waals surface area contributed by atoms with Crippen LogP contribution in [0.2, 0.25) is 0 Å². The molecular formula is C25H29FN6O4. The number of nitrogens with zero attached hydrogens (tertiary/aromatic N) is 6. The molecule has 10 nitrogen and oxygen atoms in total. The highest BCUT2D eigenvalue weighted by Gasteiger charge is 2.29. The monoisotopic (exact) mass is 496 g/mol. The van der Waals surface area contributed by atoms with Gasteiger partial charge in [-0.1, -0.05) is 12.1 Å². The van der Waals surface area contributed by atoms with Crippen LogP contribution in [-0.4, -0.2) is 94.2 Å². The quantitative estimate of drug-likeness (QED) is 0.379. The summed E-state index contributed by atoms with van der Waals surface area (Å²) in [6, 6.07) is 6.41. The van der Waals surface area contributed by atoms with Gasteiger partial charge in [0.05, 0.1) is 12.7 Å². The zero-order valence-corrected chi connectivity index (χ0v) is 20.8. The number of hydrogen-bond acceptors (Lipinski definition) is 7. The highest BCUT2D eigenvalue weighted by atomic mass is 19.1. The van der Waals surface area contributed by atoms with Crippen molar-refractivity contribution >= 4 is 28.8 Å². The summed E-state index contributed by atoms with van der Waals surface area (Å²) in [5, 5.41) is 0. The molecule has 1 aromatic carbocycles. The van der Waals surface area contributed by atoms with E-state index < -0.39 is 11.7 Å². The largest absolute Gasteiger partial charge is 0.479 e. The molecule has 0 spiro atoms. The van der Waals surface area contributed by atoms with Crippen molar-refractivity contribution in [2.45, 2.75) is 13.0 Å². The molecule has 2 aromatic heterocycles. The van der Waals surface area contributed by atoms with E-state index in [0.717, 1.165) is 18.5 Å². The number of likely N-dealkylation sites (N-methyl/N-ethyl adjacent to an activating group) is 1. The molecule has 4 rings (SSSR count). The number of ketones is 1. The predicted octanol–water partition coefficient (Wildman–Crippen LogP) is 1.73. The van der Waals surface area contributed by atoms with Crippen molar-refractivity contribution in [3.8, 4) is 5.88 Å². The molecule has 1 fully saturated rings. The van der Waals surface area contributed by atoms with E-state index in [1.165, 1.54) is 44.4 Å². The van der Waals surface area contributed by atoms with Gasteiger partial charge in [-0.15, -0.1) is 0 Å². The number of ether oxygens (including phenoxy) is 1. The van der Waals surface area contributed by atoms with Crippen LogP contribution in [0.25, 0.3) is 11.2 Å². The maximum absolute atomic E-state index is 13.5. The Morgan fingerprint density at radius 1 is 1.06 bits per heavy atom. The molecule has 3 heterocycles. The minimum Gasteiger partial charge on any atom is -0.479 e. The lowest BCUT2D eigenvalue weighted by atomic mass is 10.2. The third-order valence-electron chi connectivity index (χ3n) is 6.19. The van der Waals surface area contributed by atoms with Crippen molar-refractivity contribution in [2.24, 2.45) is 7.05 Å². The normalized spacial score (nSPS) is 14.5. The predicted molar refractivity (Wildman–Crippen MR) is 130 cm³/mol. The van der Waals surface area contributed by atoms with Crippen LogP contribution >= 0.6 is 0 Å². The second-order valence-corrected chi connectivity index (χ2v) is 8.98. The van der Waals surface area contributed by atoms with Crippen molar-refractivity contribution in [2.75, 3.05) is 47.4 Å². The molecule has 11 heteroatoms. The zero-order valence-electron chi connectivity index (χ0n) is 20.8. The van der Waals surface area contributed by atoms with Gasteiger partial charge in [0.1, 0.15) is 11.3 Å². The second kappa shape index (κ2) is 10.4. The van der Waals surface area contributed by atoms with E-state index in [0.29, 0.717) is 31.8 Å². The lowest BCUT2D eigenvalue weighted by Gasteiger charge is -2.22. The van der Waals surface area contributed by atoms with E-state index in [1.807, 2.05) is 0 Å². The number of aromatic nitrogens is 3. The smallest absolute Gasteiger partial charge is 0.294 e. The van der Waals surface area contributed by atoms with Crippen LogP contribution in [0.4, 0.5) is 4.39 Å². The van der Waals surface area contributed by atoms with Crippen LogP contribution in [0.15, 0.2) is 30.5 Å². The van der Waals surface area contributed by atoms with Gasteiger partial charge in [-0.3, -0.25) is 19.3 Å². The van der Waals surface area contributed by atoms with Gasteiger partial charge in [-0.2, -0.15) is 4.98 Å². The summed E-state index contributed by atoms with van der Waals surface area (Å²) in [6.45, 7) is 3.05. The van der Waals surface area contributed by atoms with Gasteiger partial charge in [0.15, 0.2) is 11.3 Å². The maximum atomic E-state index is 13.5. The highest BCUT2D eigenvalue weighted by Crippen LogP contribution is 2.25. The highest BCUT2D eigenvalue weighted by molar-refractivity contribution is 6.44. The van der Waals surface area contributed by atoms with Crippen LogP contribution in [0.3, 0.4) is 0 Å². The number of aryl methyl sites for hydroxylation is 1. The van der Waals surface area contributed by atoms with E-state index >= 15 is 0 Å². The molecule has 0 atom stereocenters. The van der Waals surface area contributed by atoms with Crippen LogP contribution in [0.1, 0.15) is 32.8 Å². The first-order chi connectivity index (χ1) is 17.2. The van der Waals surface area contributed by atoms with Gasteiger partial charge in [0.2, 0.25) is 5.88 Å². The third kappa shape index (κ3) is 5.06. The maximum Gasteiger partial charge on any atom is 0.294 e. The Labute approximate surface area is 208 Å². The van der Waals surface area contributed by atoms with E-state index in [2.05, 4.69) is 14.9 Å². The molecule has 0 bridgehead atoms. The summed E-state index contributed by atoms with van der Waals surface area (Å²) in [6.07, 6.45) is 2.23. The number of Topliss-reactive ketones (excluding diaryl/α,β-unsaturated/α-hetero) is 1. The Morgan fingerprint density at radius 2 is 1.78 bits per heavy atom. The molecule has 1 aliphatic heterocycles. The molecule has 1 saturated heterocycles. The standard InChI is InChI=1S/C25H29FN6O4/c1-29(2)25(35)21(33)18-15-30(3)22-19(18)27-20(23(28-22)36-4)24(34)32-11-5-10-31(12-13-32)14-16-6-8-17(26)9-7-16/h6-9,15H,5,10-14H2,1-4H3. The second-order valence-electron chi connectivity index (χ2n) is 8.98. The number of methoxy groups -OCH3 is 1. The number of halogens is 1. The fraction of sp³-hybridized carbons (Fsp3) is 0.400. The van der Waals surface area contributed by atoms with Crippen molar-refractivity contribution in [3.63, 3.8) is 0 Å². The molecule has 36 heavy (non-hydrogen) atoms. The van der Waals surface area contributed by atoms with Crippen molar-refractivity contribution in [3.05, 3.63) is 53.1 Å². The minimum atomic E-state index is -0.727. The number of benzene rings is 1. The lowest BCUT2D eigenvalue weighted by Crippen LogP contribution is -2.36. The van der Waals surface area contributed by atoms with Crippen molar-refractivity contribution in [1.29, 1.82) is 0 Å². The molecule has 3 aromatic rings. The van der Waals surface area contributed by atoms with E-state index in [9.17, 15) is 18.8 Å². The number of hydrogen-bond donors (Lipinski definition) is 0. The molecule has 2 amide bonds. The molecule has 0 N–H and O–H groups in total. The minimum absolute atomic E-state index is 0.00506. The Hall–Kier alpha value is -3.86. The van der Waals surface area contributed by atoms with Gasteiger partial charge in [0.25, 0.3) is 17.6 Å². The van der Waals surface area contributed by atoms with Crippen LogP contribution in [-0.2, 0) is 18.4 Å². The van der Waals surface area contributed by atoms with E-state index in [-0.39, 0.29) is 34.4 Å². The molecule has 0 saturated carbocycles. The number of amides is 2. The van der Waals surface area contributed by atoms with E-state index in [1.54, 1.807) is 28.6 Å². The van der Waals surface area contributed by atoms with Gasteiger partial charge in [-0.25, -0.2) is 9.37 Å². The summed E-state index contributed by atoms with van der Waals surface area (Å²) in [7, 11) is 6.07. The summed E-state index contributed by atoms with van der Waals surface area (Å²) < 4.78 is 20.2. The average Bonchev–Trinajstić information content (AvgIpc) is 3.02. The first kappa shape index (κ1) is 25.2. The Balaban J connectivity index is 1.59. The SMILES string of the molecule is COc1nc2c(nc1C(=O)N1CCCN(Cc3ccc(F)cc3)CC1)c(C(=O)C(=O)N(C)C)cn2C. The number of fused-ring (bicyclic) bond motifs is 1. The number of carbonyl (C=O) groups is 3. The summed E-state index contributed by atoms with van der Waals surface area (Å²) in [5.41, 5.74) is 1.59. The number of carbonyl (C=O) groups excluding carboxylic acids is 3.